The van der Waals surface area contributed by atoms with E-state index in [1.54, 1.807) is 13.2 Å². The summed E-state index contributed by atoms with van der Waals surface area (Å²) in [6, 6.07) is 6.20. The van der Waals surface area contributed by atoms with E-state index in [0.29, 0.717) is 5.56 Å². The van der Waals surface area contributed by atoms with Crippen LogP contribution in [0.15, 0.2) is 28.9 Å². The lowest BCUT2D eigenvalue weighted by Gasteiger charge is -2.34. The molecule has 2 aromatic rings. The van der Waals surface area contributed by atoms with Gasteiger partial charge in [-0.3, -0.25) is 9.78 Å². The summed E-state index contributed by atoms with van der Waals surface area (Å²) in [5.74, 6) is 0.308. The van der Waals surface area contributed by atoms with Crippen LogP contribution in [0.3, 0.4) is 0 Å². The van der Waals surface area contributed by atoms with Crippen LogP contribution in [0.1, 0.15) is 48.9 Å². The molecule has 0 unspecified atom stereocenters. The SMILES string of the molecule is CN(C(=O)O)[C@H]1CC[C@H](Nc2c(C(=O)C3CC3)cnc3ccc(Br)cc23)CC1. The number of aromatic nitrogens is 1. The van der Waals surface area contributed by atoms with Gasteiger partial charge in [0.25, 0.3) is 0 Å². The molecule has 6 nitrogen and oxygen atoms in total. The molecule has 0 aliphatic heterocycles. The molecular formula is C21H24BrN3O3. The molecule has 0 radical (unpaired) electrons. The van der Waals surface area contributed by atoms with Crippen LogP contribution in [0.5, 0.6) is 0 Å². The Morgan fingerprint density at radius 3 is 2.54 bits per heavy atom. The zero-order valence-corrected chi connectivity index (χ0v) is 17.4. The van der Waals surface area contributed by atoms with Crippen LogP contribution in [0.4, 0.5) is 10.5 Å². The molecule has 148 valence electrons. The minimum Gasteiger partial charge on any atom is -0.465 e. The standard InChI is InChI=1S/C21H24BrN3O3/c1-25(21(27)28)15-7-5-14(6-8-15)24-19-16-10-13(22)4-9-18(16)23-11-17(19)20(26)12-2-3-12/h4,9-12,14-15H,2-3,5-8H2,1H3,(H,23,24)(H,27,28)/t14-,15-. The average Bonchev–Trinajstić information content (AvgIpc) is 3.53. The Balaban J connectivity index is 1.60. The van der Waals surface area contributed by atoms with Gasteiger partial charge in [-0.15, -0.1) is 0 Å². The third-order valence-corrected chi connectivity index (χ3v) is 6.43. The van der Waals surface area contributed by atoms with Gasteiger partial charge in [0.15, 0.2) is 5.78 Å². The largest absolute Gasteiger partial charge is 0.465 e. The Hall–Kier alpha value is -2.15. The summed E-state index contributed by atoms with van der Waals surface area (Å²) in [4.78, 5) is 30.0. The first kappa shape index (κ1) is 19.2. The number of pyridine rings is 1. The van der Waals surface area contributed by atoms with E-state index in [-0.39, 0.29) is 23.8 Å². The summed E-state index contributed by atoms with van der Waals surface area (Å²) in [7, 11) is 1.64. The van der Waals surface area contributed by atoms with Gasteiger partial charge in [-0.1, -0.05) is 15.9 Å². The lowest BCUT2D eigenvalue weighted by Crippen LogP contribution is -2.41. The summed E-state index contributed by atoms with van der Waals surface area (Å²) in [5, 5.41) is 13.8. The van der Waals surface area contributed by atoms with Gasteiger partial charge >= 0.3 is 6.09 Å². The van der Waals surface area contributed by atoms with Crippen molar-refractivity contribution >= 4 is 44.4 Å². The molecule has 2 saturated carbocycles. The van der Waals surface area contributed by atoms with Crippen molar-refractivity contribution in [2.45, 2.75) is 50.6 Å². The van der Waals surface area contributed by atoms with Crippen LogP contribution in [-0.4, -0.2) is 46.0 Å². The number of carbonyl (C=O) groups is 2. The van der Waals surface area contributed by atoms with Gasteiger partial charge in [0.2, 0.25) is 0 Å². The Bertz CT molecular complexity index is 920. The average molecular weight is 446 g/mol. The van der Waals surface area contributed by atoms with E-state index in [9.17, 15) is 14.7 Å². The molecule has 1 aromatic heterocycles. The number of hydrogen-bond donors (Lipinski definition) is 2. The number of carbonyl (C=O) groups excluding carboxylic acids is 1. The van der Waals surface area contributed by atoms with Crippen molar-refractivity contribution in [2.24, 2.45) is 5.92 Å². The monoisotopic (exact) mass is 445 g/mol. The molecule has 0 bridgehead atoms. The first-order valence-electron chi connectivity index (χ1n) is 9.79. The summed E-state index contributed by atoms with van der Waals surface area (Å²) in [6.07, 6.45) is 6.14. The maximum atomic E-state index is 12.9. The summed E-state index contributed by atoms with van der Waals surface area (Å²) < 4.78 is 0.952. The second-order valence-corrected chi connectivity index (χ2v) is 8.81. The van der Waals surface area contributed by atoms with Crippen LogP contribution in [0.2, 0.25) is 0 Å². The van der Waals surface area contributed by atoms with Crippen molar-refractivity contribution in [2.75, 3.05) is 12.4 Å². The first-order chi connectivity index (χ1) is 13.4. The lowest BCUT2D eigenvalue weighted by atomic mass is 9.90. The maximum absolute atomic E-state index is 12.9. The molecular weight excluding hydrogens is 422 g/mol. The van der Waals surface area contributed by atoms with E-state index in [4.69, 9.17) is 0 Å². The highest BCUT2D eigenvalue weighted by atomic mass is 79.9. The smallest absolute Gasteiger partial charge is 0.407 e. The number of anilines is 1. The van der Waals surface area contributed by atoms with E-state index in [2.05, 4.69) is 26.2 Å². The van der Waals surface area contributed by atoms with Crippen LogP contribution in [0, 0.1) is 5.92 Å². The zero-order chi connectivity index (χ0) is 19.8. The number of fused-ring (bicyclic) bond motifs is 1. The molecule has 2 aliphatic rings. The highest BCUT2D eigenvalue weighted by Crippen LogP contribution is 2.38. The molecule has 1 aromatic carbocycles. The summed E-state index contributed by atoms with van der Waals surface area (Å²) in [6.45, 7) is 0. The third kappa shape index (κ3) is 3.85. The molecule has 1 heterocycles. The highest BCUT2D eigenvalue weighted by Gasteiger charge is 2.33. The number of halogens is 1. The number of hydrogen-bond acceptors (Lipinski definition) is 4. The molecule has 4 rings (SSSR count). The van der Waals surface area contributed by atoms with Gasteiger partial charge in [-0.2, -0.15) is 0 Å². The molecule has 1 amide bonds. The fourth-order valence-electron chi connectivity index (χ4n) is 4.04. The predicted molar refractivity (Wildman–Crippen MR) is 112 cm³/mol. The Morgan fingerprint density at radius 1 is 1.18 bits per heavy atom. The quantitative estimate of drug-likeness (QED) is 0.637. The van der Waals surface area contributed by atoms with Crippen molar-refractivity contribution in [3.8, 4) is 0 Å². The number of Topliss-reactive ketones (excluding diaryl/α,β-unsaturated/α-hetero) is 1. The minimum absolute atomic E-state index is 0.0615. The van der Waals surface area contributed by atoms with Crippen LogP contribution in [0.25, 0.3) is 10.9 Å². The fraction of sp³-hybridized carbons (Fsp3) is 0.476. The third-order valence-electron chi connectivity index (χ3n) is 5.94. The summed E-state index contributed by atoms with van der Waals surface area (Å²) >= 11 is 3.53. The Morgan fingerprint density at radius 2 is 1.89 bits per heavy atom. The van der Waals surface area contributed by atoms with Crippen molar-refractivity contribution in [1.29, 1.82) is 0 Å². The van der Waals surface area contributed by atoms with E-state index >= 15 is 0 Å². The van der Waals surface area contributed by atoms with Gasteiger partial charge in [0.05, 0.1) is 16.8 Å². The number of ketones is 1. The van der Waals surface area contributed by atoms with Crippen molar-refractivity contribution in [3.05, 3.63) is 34.4 Å². The molecule has 2 fully saturated rings. The molecule has 28 heavy (non-hydrogen) atoms. The van der Waals surface area contributed by atoms with Gasteiger partial charge in [0.1, 0.15) is 0 Å². The Kier molecular flexibility index (Phi) is 5.27. The Labute approximate surface area is 172 Å². The molecule has 0 saturated heterocycles. The predicted octanol–water partition coefficient (Wildman–Crippen LogP) is 4.92. The molecule has 2 N–H and O–H groups in total. The number of nitrogens with one attached hydrogen (secondary N) is 1. The van der Waals surface area contributed by atoms with Gasteiger partial charge < -0.3 is 15.3 Å². The van der Waals surface area contributed by atoms with E-state index in [1.807, 2.05) is 18.2 Å². The van der Waals surface area contributed by atoms with E-state index in [1.165, 1.54) is 4.90 Å². The second-order valence-electron chi connectivity index (χ2n) is 7.89. The van der Waals surface area contributed by atoms with Crippen LogP contribution in [-0.2, 0) is 0 Å². The van der Waals surface area contributed by atoms with Crippen molar-refractivity contribution < 1.29 is 14.7 Å². The molecule has 7 heteroatoms. The number of carboxylic acid groups (broad SMARTS) is 1. The number of rotatable bonds is 5. The van der Waals surface area contributed by atoms with Crippen LogP contribution >= 0.6 is 15.9 Å². The first-order valence-corrected chi connectivity index (χ1v) is 10.6. The molecule has 0 atom stereocenters. The minimum atomic E-state index is -0.876. The zero-order valence-electron chi connectivity index (χ0n) is 15.8. The fourth-order valence-corrected chi connectivity index (χ4v) is 4.40. The van der Waals surface area contributed by atoms with E-state index < -0.39 is 6.09 Å². The van der Waals surface area contributed by atoms with Gasteiger partial charge in [-0.05, 0) is 56.7 Å². The molecule has 0 spiro atoms. The lowest BCUT2D eigenvalue weighted by molar-refractivity contribution is 0.0967. The number of nitrogens with zero attached hydrogens (tertiary/aromatic N) is 2. The van der Waals surface area contributed by atoms with E-state index in [0.717, 1.165) is 59.6 Å². The number of benzene rings is 1. The molecule has 2 aliphatic carbocycles. The van der Waals surface area contributed by atoms with Crippen LogP contribution < -0.4 is 5.32 Å². The topological polar surface area (TPSA) is 82.5 Å². The van der Waals surface area contributed by atoms with Crippen molar-refractivity contribution in [1.82, 2.24) is 9.88 Å². The maximum Gasteiger partial charge on any atom is 0.407 e. The number of amides is 1. The highest BCUT2D eigenvalue weighted by molar-refractivity contribution is 9.10. The summed E-state index contributed by atoms with van der Waals surface area (Å²) in [5.41, 5.74) is 2.41. The van der Waals surface area contributed by atoms with Gasteiger partial charge in [0, 0.05) is 41.1 Å². The normalized spacial score (nSPS) is 22.1. The second kappa shape index (κ2) is 7.70. The van der Waals surface area contributed by atoms with Crippen molar-refractivity contribution in [3.63, 3.8) is 0 Å². The van der Waals surface area contributed by atoms with Gasteiger partial charge in [-0.25, -0.2) is 4.79 Å².